The summed E-state index contributed by atoms with van der Waals surface area (Å²) in [5.41, 5.74) is 3.98. The second-order valence-electron chi connectivity index (χ2n) is 9.58. The molecule has 0 bridgehead atoms. The lowest BCUT2D eigenvalue weighted by atomic mass is 9.90. The second kappa shape index (κ2) is 11.1. The smallest absolute Gasteiger partial charge is 0.262 e. The summed E-state index contributed by atoms with van der Waals surface area (Å²) in [7, 11) is 0. The van der Waals surface area contributed by atoms with E-state index in [-0.39, 0.29) is 43.4 Å². The SMILES string of the molecule is Cc1ccc2c3c(ccc2n1)OCC(CN1CCC(Cc2ccc4c(c2)NC(=O)CO4)CC1)O3.Cl.Cl. The van der Waals surface area contributed by atoms with Gasteiger partial charge in [0.1, 0.15) is 18.5 Å². The summed E-state index contributed by atoms with van der Waals surface area (Å²) >= 11 is 0. The zero-order chi connectivity index (χ0) is 23.1. The Labute approximate surface area is 223 Å². The minimum Gasteiger partial charge on any atom is -0.486 e. The summed E-state index contributed by atoms with van der Waals surface area (Å²) in [4.78, 5) is 18.7. The number of pyridine rings is 1. The third-order valence-electron chi connectivity index (χ3n) is 7.00. The highest BCUT2D eigenvalue weighted by Gasteiger charge is 2.28. The maximum atomic E-state index is 11.6. The van der Waals surface area contributed by atoms with E-state index in [0.717, 1.165) is 78.4 Å². The number of benzene rings is 2. The van der Waals surface area contributed by atoms with Crippen LogP contribution in [0, 0.1) is 12.8 Å². The average Bonchev–Trinajstić information content (AvgIpc) is 2.84. The summed E-state index contributed by atoms with van der Waals surface area (Å²) < 4.78 is 17.9. The summed E-state index contributed by atoms with van der Waals surface area (Å²) in [6.07, 6.45) is 3.33. The van der Waals surface area contributed by atoms with Gasteiger partial charge < -0.3 is 19.5 Å². The number of aromatic nitrogens is 1. The summed E-state index contributed by atoms with van der Waals surface area (Å²) in [5, 5.41) is 3.92. The van der Waals surface area contributed by atoms with Crippen molar-refractivity contribution in [1.82, 2.24) is 9.88 Å². The molecule has 1 fully saturated rings. The molecule has 3 aliphatic heterocycles. The van der Waals surface area contributed by atoms with Crippen LogP contribution in [0.4, 0.5) is 5.69 Å². The van der Waals surface area contributed by atoms with Crippen molar-refractivity contribution in [2.45, 2.75) is 32.3 Å². The number of aryl methyl sites for hydroxylation is 1. The second-order valence-corrected chi connectivity index (χ2v) is 9.58. The van der Waals surface area contributed by atoms with Gasteiger partial charge in [0, 0.05) is 17.6 Å². The number of likely N-dealkylation sites (tertiary alicyclic amines) is 1. The molecule has 0 spiro atoms. The Bertz CT molecular complexity index is 1250. The van der Waals surface area contributed by atoms with Gasteiger partial charge in [0.15, 0.2) is 18.1 Å². The largest absolute Gasteiger partial charge is 0.486 e. The fraction of sp³-hybridized carbons (Fsp3) is 0.407. The van der Waals surface area contributed by atoms with E-state index in [4.69, 9.17) is 14.2 Å². The number of carbonyl (C=O) groups is 1. The fourth-order valence-electron chi connectivity index (χ4n) is 5.22. The number of hydrogen-bond acceptors (Lipinski definition) is 6. The number of anilines is 1. The number of nitrogens with zero attached hydrogens (tertiary/aromatic N) is 2. The molecule has 2 aromatic carbocycles. The quantitative estimate of drug-likeness (QED) is 0.520. The van der Waals surface area contributed by atoms with Crippen molar-refractivity contribution in [3.05, 3.63) is 53.7 Å². The minimum atomic E-state index is -0.0890. The molecule has 0 aliphatic carbocycles. The van der Waals surface area contributed by atoms with Gasteiger partial charge in [-0.25, -0.2) is 0 Å². The minimum absolute atomic E-state index is 0. The van der Waals surface area contributed by atoms with E-state index in [9.17, 15) is 4.79 Å². The van der Waals surface area contributed by atoms with Crippen LogP contribution in [0.5, 0.6) is 17.2 Å². The van der Waals surface area contributed by atoms with Crippen LogP contribution in [0.25, 0.3) is 10.9 Å². The predicted octanol–water partition coefficient (Wildman–Crippen LogP) is 4.81. The van der Waals surface area contributed by atoms with Gasteiger partial charge in [0.2, 0.25) is 0 Å². The molecular weight excluding hydrogens is 501 g/mol. The molecule has 1 amide bonds. The first-order valence-corrected chi connectivity index (χ1v) is 12.1. The fourth-order valence-corrected chi connectivity index (χ4v) is 5.22. The Morgan fingerprint density at radius 2 is 1.83 bits per heavy atom. The van der Waals surface area contributed by atoms with Crippen LogP contribution in [0.15, 0.2) is 42.5 Å². The normalized spacial score (nSPS) is 19.4. The van der Waals surface area contributed by atoms with E-state index in [0.29, 0.717) is 12.5 Å². The molecule has 0 radical (unpaired) electrons. The highest BCUT2D eigenvalue weighted by molar-refractivity contribution is 5.95. The third-order valence-corrected chi connectivity index (χ3v) is 7.00. The standard InChI is InChI=1S/C27H29N3O4.2ClH/c1-17-2-4-21-22(28-17)5-7-25-27(21)34-20(15-32-25)14-30-10-8-18(9-11-30)12-19-3-6-24-23(13-19)29-26(31)16-33-24;;/h2-7,13,18,20H,8-12,14-16H2,1H3,(H,29,31);2*1H. The Kier molecular flexibility index (Phi) is 8.13. The number of hydrogen-bond donors (Lipinski definition) is 1. The van der Waals surface area contributed by atoms with Gasteiger partial charge in [-0.15, -0.1) is 24.8 Å². The Hall–Kier alpha value is -2.74. The molecule has 36 heavy (non-hydrogen) atoms. The van der Waals surface area contributed by atoms with Crippen molar-refractivity contribution in [2.24, 2.45) is 5.92 Å². The molecule has 0 saturated carbocycles. The molecule has 192 valence electrons. The lowest BCUT2D eigenvalue weighted by molar-refractivity contribution is -0.118. The van der Waals surface area contributed by atoms with Crippen LogP contribution in [0.2, 0.25) is 0 Å². The van der Waals surface area contributed by atoms with Crippen LogP contribution >= 0.6 is 24.8 Å². The average molecular weight is 532 g/mol. The molecule has 4 heterocycles. The summed E-state index contributed by atoms with van der Waals surface area (Å²) in [5.74, 6) is 2.93. The number of piperidine rings is 1. The maximum absolute atomic E-state index is 11.6. The molecule has 7 nitrogen and oxygen atoms in total. The first-order chi connectivity index (χ1) is 16.6. The van der Waals surface area contributed by atoms with Crippen molar-refractivity contribution >= 4 is 47.3 Å². The number of ether oxygens (including phenoxy) is 3. The van der Waals surface area contributed by atoms with Gasteiger partial charge in [-0.3, -0.25) is 14.7 Å². The highest BCUT2D eigenvalue weighted by atomic mass is 35.5. The van der Waals surface area contributed by atoms with Gasteiger partial charge in [-0.1, -0.05) is 6.07 Å². The lowest BCUT2D eigenvalue weighted by Gasteiger charge is -2.36. The van der Waals surface area contributed by atoms with E-state index in [1.807, 2.05) is 31.2 Å². The monoisotopic (exact) mass is 531 g/mol. The van der Waals surface area contributed by atoms with E-state index in [2.05, 4.69) is 33.4 Å². The van der Waals surface area contributed by atoms with E-state index in [1.165, 1.54) is 5.56 Å². The van der Waals surface area contributed by atoms with Gasteiger partial charge in [0.05, 0.1) is 11.2 Å². The topological polar surface area (TPSA) is 72.9 Å². The van der Waals surface area contributed by atoms with Gasteiger partial charge in [-0.2, -0.15) is 0 Å². The molecule has 3 aliphatic rings. The van der Waals surface area contributed by atoms with Gasteiger partial charge in [0.25, 0.3) is 5.91 Å². The van der Waals surface area contributed by atoms with Crippen LogP contribution in [-0.2, 0) is 11.2 Å². The molecular formula is C27H31Cl2N3O4. The Balaban J connectivity index is 0.00000152. The molecule has 1 atom stereocenters. The van der Waals surface area contributed by atoms with Crippen molar-refractivity contribution < 1.29 is 19.0 Å². The van der Waals surface area contributed by atoms with Crippen molar-refractivity contribution in [3.63, 3.8) is 0 Å². The number of halogens is 2. The van der Waals surface area contributed by atoms with Crippen molar-refractivity contribution in [1.29, 1.82) is 0 Å². The molecule has 1 unspecified atom stereocenters. The molecule has 9 heteroatoms. The van der Waals surface area contributed by atoms with E-state index >= 15 is 0 Å². The third kappa shape index (κ3) is 5.48. The zero-order valence-corrected chi connectivity index (χ0v) is 21.8. The number of rotatable bonds is 4. The van der Waals surface area contributed by atoms with Crippen molar-refractivity contribution in [3.8, 4) is 17.2 Å². The van der Waals surface area contributed by atoms with Crippen LogP contribution in [-0.4, -0.2) is 54.7 Å². The van der Waals surface area contributed by atoms with Crippen molar-refractivity contribution in [2.75, 3.05) is 38.2 Å². The zero-order valence-electron chi connectivity index (χ0n) is 20.2. The summed E-state index contributed by atoms with van der Waals surface area (Å²) in [6.45, 7) is 5.64. The van der Waals surface area contributed by atoms with E-state index < -0.39 is 0 Å². The Morgan fingerprint density at radius 3 is 2.67 bits per heavy atom. The molecule has 1 N–H and O–H groups in total. The first kappa shape index (κ1) is 26.3. The van der Waals surface area contributed by atoms with Crippen LogP contribution in [0.3, 0.4) is 0 Å². The Morgan fingerprint density at radius 1 is 1.03 bits per heavy atom. The first-order valence-electron chi connectivity index (χ1n) is 12.1. The molecule has 1 saturated heterocycles. The molecule has 3 aromatic rings. The van der Waals surface area contributed by atoms with Gasteiger partial charge >= 0.3 is 0 Å². The maximum Gasteiger partial charge on any atom is 0.262 e. The molecule has 6 rings (SSSR count). The highest BCUT2D eigenvalue weighted by Crippen LogP contribution is 2.38. The number of carbonyl (C=O) groups excluding carboxylic acids is 1. The number of fused-ring (bicyclic) bond motifs is 4. The number of amides is 1. The lowest BCUT2D eigenvalue weighted by Crippen LogP contribution is -2.44. The molecule has 1 aromatic heterocycles. The van der Waals surface area contributed by atoms with Crippen LogP contribution < -0.4 is 19.5 Å². The van der Waals surface area contributed by atoms with E-state index in [1.54, 1.807) is 0 Å². The summed E-state index contributed by atoms with van der Waals surface area (Å²) in [6, 6.07) is 14.2. The van der Waals surface area contributed by atoms with Crippen LogP contribution in [0.1, 0.15) is 24.1 Å². The van der Waals surface area contributed by atoms with Gasteiger partial charge in [-0.05, 0) is 87.2 Å². The predicted molar refractivity (Wildman–Crippen MR) is 144 cm³/mol. The number of nitrogens with one attached hydrogen (secondary N) is 1.